The molecule has 2 aromatic carbocycles. The first-order valence-electron chi connectivity index (χ1n) is 6.90. The van der Waals surface area contributed by atoms with Crippen LogP contribution in [-0.2, 0) is 4.74 Å². The molecule has 0 radical (unpaired) electrons. The van der Waals surface area contributed by atoms with Crippen LogP contribution in [0.1, 0.15) is 16.1 Å². The average molecular weight is 293 g/mol. The zero-order valence-corrected chi connectivity index (χ0v) is 12.4. The van der Waals surface area contributed by atoms with Crippen molar-refractivity contribution < 1.29 is 13.9 Å². The molecule has 0 saturated heterocycles. The first-order chi connectivity index (χ1) is 10.7. The van der Waals surface area contributed by atoms with E-state index in [2.05, 4.69) is 4.98 Å². The summed E-state index contributed by atoms with van der Waals surface area (Å²) >= 11 is 0. The summed E-state index contributed by atoms with van der Waals surface area (Å²) in [4.78, 5) is 16.3. The molecule has 3 aromatic rings. The standard InChI is InChI=1S/C18H15NO3/c1-12-8-10-13(11-9-12)16-15(18(20)21-2)19-17(22-16)14-6-4-3-5-7-14/h3-11H,1-2H3. The summed E-state index contributed by atoms with van der Waals surface area (Å²) in [6, 6.07) is 17.2. The predicted molar refractivity (Wildman–Crippen MR) is 83.5 cm³/mol. The fourth-order valence-electron chi connectivity index (χ4n) is 2.16. The second-order valence-electron chi connectivity index (χ2n) is 4.92. The van der Waals surface area contributed by atoms with Gasteiger partial charge in [-0.1, -0.05) is 48.0 Å². The van der Waals surface area contributed by atoms with E-state index in [-0.39, 0.29) is 5.69 Å². The topological polar surface area (TPSA) is 52.3 Å². The second-order valence-corrected chi connectivity index (χ2v) is 4.92. The number of carbonyl (C=O) groups is 1. The van der Waals surface area contributed by atoms with E-state index in [4.69, 9.17) is 9.15 Å². The number of methoxy groups -OCH3 is 1. The lowest BCUT2D eigenvalue weighted by Gasteiger charge is -2.00. The van der Waals surface area contributed by atoms with E-state index in [1.807, 2.05) is 61.5 Å². The molecule has 0 bridgehead atoms. The van der Waals surface area contributed by atoms with Crippen LogP contribution in [0.5, 0.6) is 0 Å². The maximum atomic E-state index is 12.0. The summed E-state index contributed by atoms with van der Waals surface area (Å²) in [5, 5.41) is 0. The summed E-state index contributed by atoms with van der Waals surface area (Å²) in [5.41, 5.74) is 2.92. The Labute approximate surface area is 128 Å². The van der Waals surface area contributed by atoms with Gasteiger partial charge in [-0.3, -0.25) is 0 Å². The van der Waals surface area contributed by atoms with E-state index in [0.717, 1.165) is 16.7 Å². The zero-order valence-electron chi connectivity index (χ0n) is 12.4. The number of nitrogens with zero attached hydrogens (tertiary/aromatic N) is 1. The molecule has 0 fully saturated rings. The molecule has 0 saturated carbocycles. The molecule has 1 heterocycles. The first-order valence-corrected chi connectivity index (χ1v) is 6.90. The lowest BCUT2D eigenvalue weighted by atomic mass is 10.1. The molecule has 0 aliphatic carbocycles. The van der Waals surface area contributed by atoms with Crippen molar-refractivity contribution in [1.82, 2.24) is 4.98 Å². The molecule has 1 aromatic heterocycles. The highest BCUT2D eigenvalue weighted by molar-refractivity contribution is 5.94. The third-order valence-corrected chi connectivity index (χ3v) is 3.34. The molecule has 0 aliphatic rings. The molecular formula is C18H15NO3. The smallest absolute Gasteiger partial charge is 0.360 e. The third-order valence-electron chi connectivity index (χ3n) is 3.34. The third kappa shape index (κ3) is 2.63. The Morgan fingerprint density at radius 2 is 1.68 bits per heavy atom. The van der Waals surface area contributed by atoms with Gasteiger partial charge in [-0.15, -0.1) is 0 Å². The van der Waals surface area contributed by atoms with Gasteiger partial charge in [0.15, 0.2) is 11.5 Å². The fourth-order valence-corrected chi connectivity index (χ4v) is 2.16. The second kappa shape index (κ2) is 5.85. The van der Waals surface area contributed by atoms with E-state index in [1.54, 1.807) is 0 Å². The number of carbonyl (C=O) groups excluding carboxylic acids is 1. The van der Waals surface area contributed by atoms with Gasteiger partial charge in [-0.05, 0) is 19.1 Å². The van der Waals surface area contributed by atoms with Crippen molar-refractivity contribution in [2.75, 3.05) is 7.11 Å². The molecule has 22 heavy (non-hydrogen) atoms. The number of oxazole rings is 1. The molecule has 110 valence electrons. The van der Waals surface area contributed by atoms with Crippen LogP contribution >= 0.6 is 0 Å². The Morgan fingerprint density at radius 3 is 2.32 bits per heavy atom. The molecule has 0 aliphatic heterocycles. The van der Waals surface area contributed by atoms with Crippen molar-refractivity contribution in [3.05, 3.63) is 65.9 Å². The zero-order chi connectivity index (χ0) is 15.5. The minimum absolute atomic E-state index is 0.185. The Hall–Kier alpha value is -2.88. The van der Waals surface area contributed by atoms with Gasteiger partial charge in [0.25, 0.3) is 0 Å². The number of hydrogen-bond donors (Lipinski definition) is 0. The summed E-state index contributed by atoms with van der Waals surface area (Å²) in [7, 11) is 1.33. The maximum absolute atomic E-state index is 12.0. The van der Waals surface area contributed by atoms with Gasteiger partial charge in [0.05, 0.1) is 7.11 Å². The largest absolute Gasteiger partial charge is 0.464 e. The van der Waals surface area contributed by atoms with Crippen LogP contribution < -0.4 is 0 Å². The molecule has 0 N–H and O–H groups in total. The highest BCUT2D eigenvalue weighted by atomic mass is 16.5. The van der Waals surface area contributed by atoms with Gasteiger partial charge in [0.2, 0.25) is 5.89 Å². The Morgan fingerprint density at radius 1 is 1.00 bits per heavy atom. The van der Waals surface area contributed by atoms with Crippen molar-refractivity contribution in [2.24, 2.45) is 0 Å². The number of rotatable bonds is 3. The van der Waals surface area contributed by atoms with Crippen molar-refractivity contribution in [2.45, 2.75) is 6.92 Å². The van der Waals surface area contributed by atoms with Gasteiger partial charge in [-0.2, -0.15) is 0 Å². The van der Waals surface area contributed by atoms with Crippen LogP contribution in [0.15, 0.2) is 59.0 Å². The number of hydrogen-bond acceptors (Lipinski definition) is 4. The van der Waals surface area contributed by atoms with E-state index in [9.17, 15) is 4.79 Å². The number of aromatic nitrogens is 1. The highest BCUT2D eigenvalue weighted by Gasteiger charge is 2.22. The van der Waals surface area contributed by atoms with Gasteiger partial charge >= 0.3 is 5.97 Å². The summed E-state index contributed by atoms with van der Waals surface area (Å²) in [6.45, 7) is 2.00. The van der Waals surface area contributed by atoms with Crippen LogP contribution in [0.4, 0.5) is 0 Å². The SMILES string of the molecule is COC(=O)c1nc(-c2ccccc2)oc1-c1ccc(C)cc1. The lowest BCUT2D eigenvalue weighted by molar-refractivity contribution is 0.0595. The monoisotopic (exact) mass is 293 g/mol. The molecule has 0 spiro atoms. The molecule has 3 rings (SSSR count). The van der Waals surface area contributed by atoms with Crippen LogP contribution in [-0.4, -0.2) is 18.1 Å². The summed E-state index contributed by atoms with van der Waals surface area (Å²) in [6.07, 6.45) is 0. The molecule has 4 nitrogen and oxygen atoms in total. The summed E-state index contributed by atoms with van der Waals surface area (Å²) < 4.78 is 10.6. The average Bonchev–Trinajstić information content (AvgIpc) is 3.01. The van der Waals surface area contributed by atoms with Crippen LogP contribution in [0, 0.1) is 6.92 Å². The molecule has 4 heteroatoms. The van der Waals surface area contributed by atoms with E-state index >= 15 is 0 Å². The maximum Gasteiger partial charge on any atom is 0.360 e. The van der Waals surface area contributed by atoms with Crippen LogP contribution in [0.2, 0.25) is 0 Å². The van der Waals surface area contributed by atoms with Crippen LogP contribution in [0.25, 0.3) is 22.8 Å². The molecule has 0 atom stereocenters. The Balaban J connectivity index is 2.13. The Kier molecular flexibility index (Phi) is 3.74. The van der Waals surface area contributed by atoms with Gasteiger partial charge in [-0.25, -0.2) is 9.78 Å². The van der Waals surface area contributed by atoms with Gasteiger partial charge < -0.3 is 9.15 Å². The highest BCUT2D eigenvalue weighted by Crippen LogP contribution is 2.30. The van der Waals surface area contributed by atoms with Crippen LogP contribution in [0.3, 0.4) is 0 Å². The van der Waals surface area contributed by atoms with Crippen molar-refractivity contribution in [1.29, 1.82) is 0 Å². The van der Waals surface area contributed by atoms with Gasteiger partial charge in [0, 0.05) is 11.1 Å². The minimum atomic E-state index is -0.512. The number of benzene rings is 2. The Bertz CT molecular complexity index is 789. The fraction of sp³-hybridized carbons (Fsp3) is 0.111. The van der Waals surface area contributed by atoms with Crippen molar-refractivity contribution in [3.63, 3.8) is 0 Å². The number of ether oxygens (including phenoxy) is 1. The van der Waals surface area contributed by atoms with E-state index < -0.39 is 5.97 Å². The molecular weight excluding hydrogens is 278 g/mol. The van der Waals surface area contributed by atoms with Crippen molar-refractivity contribution >= 4 is 5.97 Å². The normalized spacial score (nSPS) is 10.5. The number of esters is 1. The molecule has 0 unspecified atom stereocenters. The first kappa shape index (κ1) is 14.1. The van der Waals surface area contributed by atoms with E-state index in [0.29, 0.717) is 11.7 Å². The summed E-state index contributed by atoms with van der Waals surface area (Å²) in [5.74, 6) is 0.309. The number of aryl methyl sites for hydroxylation is 1. The predicted octanol–water partition coefficient (Wildman–Crippen LogP) is 4.10. The lowest BCUT2D eigenvalue weighted by Crippen LogP contribution is -2.03. The van der Waals surface area contributed by atoms with Gasteiger partial charge in [0.1, 0.15) is 0 Å². The minimum Gasteiger partial charge on any atom is -0.464 e. The van der Waals surface area contributed by atoms with Crippen molar-refractivity contribution in [3.8, 4) is 22.8 Å². The quantitative estimate of drug-likeness (QED) is 0.682. The van der Waals surface area contributed by atoms with E-state index in [1.165, 1.54) is 7.11 Å². The molecule has 0 amide bonds.